The molecule has 0 N–H and O–H groups in total. The van der Waals surface area contributed by atoms with E-state index in [2.05, 4.69) is 0 Å². The summed E-state index contributed by atoms with van der Waals surface area (Å²) in [6.07, 6.45) is 2.16. The molecule has 0 saturated carbocycles. The van der Waals surface area contributed by atoms with Gasteiger partial charge in [0.25, 0.3) is 5.91 Å². The molecule has 3 atom stereocenters. The molecular weight excluding hydrogens is 458 g/mol. The largest absolute Gasteiger partial charge is 0.497 e. The molecule has 3 fully saturated rings. The molecule has 2 aromatic carbocycles. The van der Waals surface area contributed by atoms with Gasteiger partial charge in [-0.2, -0.15) is 0 Å². The number of ether oxygens (including phenoxy) is 2. The van der Waals surface area contributed by atoms with Crippen LogP contribution in [0, 0.1) is 5.92 Å². The normalized spacial score (nSPS) is 24.6. The Bertz CT molecular complexity index is 1080. The zero-order valence-electron chi connectivity index (χ0n) is 20.7. The lowest BCUT2D eigenvalue weighted by Crippen LogP contribution is -2.56. The van der Waals surface area contributed by atoms with Crippen molar-refractivity contribution in [1.82, 2.24) is 9.80 Å². The van der Waals surface area contributed by atoms with Gasteiger partial charge >= 0.3 is 0 Å². The van der Waals surface area contributed by atoms with Crippen molar-refractivity contribution < 1.29 is 23.9 Å². The third kappa shape index (κ3) is 4.82. The highest BCUT2D eigenvalue weighted by molar-refractivity contribution is 5.97. The maximum atomic E-state index is 13.9. The number of amides is 3. The van der Waals surface area contributed by atoms with Crippen LogP contribution in [0.5, 0.6) is 5.75 Å². The maximum absolute atomic E-state index is 13.9. The first kappa shape index (κ1) is 24.3. The first-order valence-corrected chi connectivity index (χ1v) is 12.8. The highest BCUT2D eigenvalue weighted by atomic mass is 16.5. The van der Waals surface area contributed by atoms with E-state index in [1.165, 1.54) is 0 Å². The van der Waals surface area contributed by atoms with Gasteiger partial charge in [0.15, 0.2) is 0 Å². The molecule has 3 aliphatic heterocycles. The van der Waals surface area contributed by atoms with E-state index in [1.807, 2.05) is 64.4 Å². The second-order valence-electron chi connectivity index (χ2n) is 9.61. The topological polar surface area (TPSA) is 79.4 Å². The van der Waals surface area contributed by atoms with E-state index < -0.39 is 6.04 Å². The van der Waals surface area contributed by atoms with E-state index in [0.29, 0.717) is 51.4 Å². The minimum atomic E-state index is -0.403. The van der Waals surface area contributed by atoms with Gasteiger partial charge in [0.05, 0.1) is 19.1 Å². The van der Waals surface area contributed by atoms with Gasteiger partial charge in [-0.3, -0.25) is 14.4 Å². The standard InChI is InChI=1S/C28H33N3O5/c1-35-22-11-9-21(10-12-22)31-25(32)14-13-23(26(31)20-6-3-2-4-7-20)27(33)29-15-17-30(18-16-29)28(34)24-8-5-19-36-24/h2-4,6-7,9-12,23-24,26H,5,8,13-19H2,1H3/t23-,24-,26-/m0/s1. The number of hydrogen-bond acceptors (Lipinski definition) is 5. The van der Waals surface area contributed by atoms with Crippen molar-refractivity contribution in [1.29, 1.82) is 0 Å². The first-order valence-electron chi connectivity index (χ1n) is 12.8. The lowest BCUT2D eigenvalue weighted by atomic mass is 9.82. The van der Waals surface area contributed by atoms with Crippen molar-refractivity contribution >= 4 is 23.4 Å². The number of anilines is 1. The van der Waals surface area contributed by atoms with Crippen molar-refractivity contribution in [2.75, 3.05) is 44.8 Å². The van der Waals surface area contributed by atoms with E-state index in [4.69, 9.17) is 9.47 Å². The summed E-state index contributed by atoms with van der Waals surface area (Å²) >= 11 is 0. The number of methoxy groups -OCH3 is 1. The monoisotopic (exact) mass is 491 g/mol. The molecule has 3 heterocycles. The summed E-state index contributed by atoms with van der Waals surface area (Å²) in [5, 5.41) is 0. The van der Waals surface area contributed by atoms with Crippen molar-refractivity contribution in [3.05, 3.63) is 60.2 Å². The first-order chi connectivity index (χ1) is 17.6. The molecule has 36 heavy (non-hydrogen) atoms. The van der Waals surface area contributed by atoms with Gasteiger partial charge in [0.1, 0.15) is 11.9 Å². The lowest BCUT2D eigenvalue weighted by Gasteiger charge is -2.44. The van der Waals surface area contributed by atoms with Crippen LogP contribution in [0.25, 0.3) is 0 Å². The van der Waals surface area contributed by atoms with Gasteiger partial charge in [-0.05, 0) is 49.1 Å². The molecule has 8 heteroatoms. The van der Waals surface area contributed by atoms with E-state index in [0.717, 1.165) is 24.1 Å². The molecule has 0 unspecified atom stereocenters. The lowest BCUT2D eigenvalue weighted by molar-refractivity contribution is -0.148. The number of nitrogens with zero attached hydrogens (tertiary/aromatic N) is 3. The Morgan fingerprint density at radius 3 is 2.17 bits per heavy atom. The summed E-state index contributed by atoms with van der Waals surface area (Å²) in [5.74, 6) is 0.426. The number of piperazine rings is 1. The highest BCUT2D eigenvalue weighted by Crippen LogP contribution is 2.41. The summed E-state index contributed by atoms with van der Waals surface area (Å²) < 4.78 is 10.9. The quantitative estimate of drug-likeness (QED) is 0.643. The molecule has 190 valence electrons. The van der Waals surface area contributed by atoms with Gasteiger partial charge in [-0.1, -0.05) is 30.3 Å². The Morgan fingerprint density at radius 2 is 1.56 bits per heavy atom. The average molecular weight is 492 g/mol. The smallest absolute Gasteiger partial charge is 0.251 e. The minimum Gasteiger partial charge on any atom is -0.497 e. The second kappa shape index (κ2) is 10.7. The zero-order chi connectivity index (χ0) is 25.1. The zero-order valence-corrected chi connectivity index (χ0v) is 20.7. The second-order valence-corrected chi connectivity index (χ2v) is 9.61. The van der Waals surface area contributed by atoms with E-state index >= 15 is 0 Å². The number of carbonyl (C=O) groups excluding carboxylic acids is 3. The molecule has 0 spiro atoms. The van der Waals surface area contributed by atoms with Crippen molar-refractivity contribution in [3.8, 4) is 5.75 Å². The predicted octanol–water partition coefficient (Wildman–Crippen LogP) is 3.03. The number of rotatable bonds is 5. The van der Waals surface area contributed by atoms with Gasteiger partial charge in [-0.25, -0.2) is 0 Å². The molecule has 8 nitrogen and oxygen atoms in total. The molecule has 0 bridgehead atoms. The fourth-order valence-corrected chi connectivity index (χ4v) is 5.59. The highest BCUT2D eigenvalue weighted by Gasteiger charge is 2.43. The van der Waals surface area contributed by atoms with Crippen molar-refractivity contribution in [3.63, 3.8) is 0 Å². The molecule has 2 aromatic rings. The fourth-order valence-electron chi connectivity index (χ4n) is 5.59. The van der Waals surface area contributed by atoms with E-state index in [1.54, 1.807) is 12.0 Å². The molecule has 0 aromatic heterocycles. The van der Waals surface area contributed by atoms with Gasteiger partial charge in [-0.15, -0.1) is 0 Å². The molecule has 0 radical (unpaired) electrons. The van der Waals surface area contributed by atoms with Crippen LogP contribution in [0.15, 0.2) is 54.6 Å². The fraction of sp³-hybridized carbons (Fsp3) is 0.464. The van der Waals surface area contributed by atoms with Crippen LogP contribution in [0.4, 0.5) is 5.69 Å². The molecule has 5 rings (SSSR count). The maximum Gasteiger partial charge on any atom is 0.251 e. The number of piperidine rings is 1. The number of carbonyl (C=O) groups is 3. The predicted molar refractivity (Wildman–Crippen MR) is 135 cm³/mol. The van der Waals surface area contributed by atoms with Crippen LogP contribution < -0.4 is 9.64 Å². The van der Waals surface area contributed by atoms with Crippen LogP contribution in [-0.4, -0.2) is 73.5 Å². The summed E-state index contributed by atoms with van der Waals surface area (Å²) in [4.78, 5) is 45.3. The van der Waals surface area contributed by atoms with Gasteiger partial charge in [0.2, 0.25) is 11.8 Å². The Balaban J connectivity index is 1.36. The SMILES string of the molecule is COc1ccc(N2C(=O)CC[C@H](C(=O)N3CCN(C(=O)[C@@H]4CCCO4)CC3)[C@@H]2c2ccccc2)cc1. The van der Waals surface area contributed by atoms with E-state index in [9.17, 15) is 14.4 Å². The Labute approximate surface area is 211 Å². The summed E-state index contributed by atoms with van der Waals surface area (Å²) in [7, 11) is 1.61. The summed E-state index contributed by atoms with van der Waals surface area (Å²) in [6, 6.07) is 16.8. The summed E-state index contributed by atoms with van der Waals surface area (Å²) in [6.45, 7) is 2.64. The minimum absolute atomic E-state index is 0.00468. The van der Waals surface area contributed by atoms with Crippen LogP contribution in [0.3, 0.4) is 0 Å². The molecule has 3 aliphatic rings. The Morgan fingerprint density at radius 1 is 0.889 bits per heavy atom. The number of benzene rings is 2. The van der Waals surface area contributed by atoms with Crippen LogP contribution in [0.1, 0.15) is 37.3 Å². The van der Waals surface area contributed by atoms with Crippen molar-refractivity contribution in [2.45, 2.75) is 37.8 Å². The molecule has 0 aliphatic carbocycles. The van der Waals surface area contributed by atoms with Crippen LogP contribution in [0.2, 0.25) is 0 Å². The Kier molecular flexibility index (Phi) is 7.23. The average Bonchev–Trinajstić information content (AvgIpc) is 3.48. The van der Waals surface area contributed by atoms with Crippen molar-refractivity contribution in [2.24, 2.45) is 5.92 Å². The molecular formula is C28H33N3O5. The summed E-state index contributed by atoms with van der Waals surface area (Å²) in [5.41, 5.74) is 1.69. The van der Waals surface area contributed by atoms with E-state index in [-0.39, 0.29) is 29.7 Å². The third-order valence-corrected chi connectivity index (χ3v) is 7.51. The molecule has 3 amide bonds. The van der Waals surface area contributed by atoms with Crippen LogP contribution >= 0.6 is 0 Å². The van der Waals surface area contributed by atoms with Gasteiger partial charge in [0, 0.05) is 44.9 Å². The number of hydrogen-bond donors (Lipinski definition) is 0. The molecule has 3 saturated heterocycles. The third-order valence-electron chi connectivity index (χ3n) is 7.51. The Hall–Kier alpha value is -3.39. The van der Waals surface area contributed by atoms with Gasteiger partial charge < -0.3 is 24.2 Å². The van der Waals surface area contributed by atoms with Crippen LogP contribution in [-0.2, 0) is 19.1 Å².